The van der Waals surface area contributed by atoms with Gasteiger partial charge in [-0.25, -0.2) is 0 Å². The molecule has 0 radical (unpaired) electrons. The zero-order chi connectivity index (χ0) is 14.0. The van der Waals surface area contributed by atoms with Gasteiger partial charge >= 0.3 is 0 Å². The van der Waals surface area contributed by atoms with E-state index in [-0.39, 0.29) is 5.41 Å². The van der Waals surface area contributed by atoms with Gasteiger partial charge in [0.25, 0.3) is 0 Å². The van der Waals surface area contributed by atoms with Crippen molar-refractivity contribution in [3.05, 3.63) is 23.8 Å². The van der Waals surface area contributed by atoms with Crippen LogP contribution in [0, 0.1) is 0 Å². The fourth-order valence-corrected chi connectivity index (χ4v) is 2.40. The largest absolute Gasteiger partial charge is 0.497 e. The average Bonchev–Trinajstić information content (AvgIpc) is 2.32. The van der Waals surface area contributed by atoms with Gasteiger partial charge in [-0.3, -0.25) is 0 Å². The molecule has 3 nitrogen and oxygen atoms in total. The highest BCUT2D eigenvalue weighted by Crippen LogP contribution is 2.36. The number of hydrogen-bond acceptors (Lipinski definition) is 3. The minimum absolute atomic E-state index is 0.0516. The van der Waals surface area contributed by atoms with E-state index in [0.717, 1.165) is 24.3 Å². The van der Waals surface area contributed by atoms with Crippen molar-refractivity contribution in [3.8, 4) is 11.5 Å². The van der Waals surface area contributed by atoms with Crippen LogP contribution in [0.3, 0.4) is 0 Å². The molecular weight excluding hydrogens is 238 g/mol. The Balaban J connectivity index is 2.15. The molecule has 1 N–H and O–H groups in total. The summed E-state index contributed by atoms with van der Waals surface area (Å²) in [5, 5.41) is 3.28. The topological polar surface area (TPSA) is 30.5 Å². The van der Waals surface area contributed by atoms with Crippen LogP contribution in [0.1, 0.15) is 39.2 Å². The lowest BCUT2D eigenvalue weighted by atomic mass is 9.85. The van der Waals surface area contributed by atoms with Gasteiger partial charge in [0.15, 0.2) is 0 Å². The third-order valence-electron chi connectivity index (χ3n) is 3.79. The van der Waals surface area contributed by atoms with Crippen LogP contribution in [0.15, 0.2) is 18.2 Å². The van der Waals surface area contributed by atoms with E-state index in [1.807, 2.05) is 19.2 Å². The van der Waals surface area contributed by atoms with E-state index in [9.17, 15) is 0 Å². The lowest BCUT2D eigenvalue weighted by Crippen LogP contribution is -2.45. The highest BCUT2D eigenvalue weighted by Gasteiger charge is 2.31. The van der Waals surface area contributed by atoms with Crippen molar-refractivity contribution < 1.29 is 9.47 Å². The molecule has 106 valence electrons. The summed E-state index contributed by atoms with van der Waals surface area (Å²) >= 11 is 0. The molecule has 0 atom stereocenters. The van der Waals surface area contributed by atoms with Gasteiger partial charge in [-0.1, -0.05) is 20.8 Å². The van der Waals surface area contributed by atoms with Gasteiger partial charge in [0.05, 0.1) is 7.11 Å². The van der Waals surface area contributed by atoms with Crippen LogP contribution < -0.4 is 14.8 Å². The summed E-state index contributed by atoms with van der Waals surface area (Å²) in [4.78, 5) is 0. The summed E-state index contributed by atoms with van der Waals surface area (Å²) in [5.41, 5.74) is 1.26. The van der Waals surface area contributed by atoms with E-state index in [4.69, 9.17) is 9.47 Å². The van der Waals surface area contributed by atoms with E-state index < -0.39 is 0 Å². The van der Waals surface area contributed by atoms with Gasteiger partial charge < -0.3 is 14.8 Å². The number of hydrogen-bond donors (Lipinski definition) is 1. The Kier molecular flexibility index (Phi) is 4.04. The molecule has 0 saturated heterocycles. The Morgan fingerprint density at radius 2 is 1.89 bits per heavy atom. The molecular formula is C16H25NO2. The summed E-state index contributed by atoms with van der Waals surface area (Å²) in [6, 6.07) is 6.70. The molecule has 19 heavy (non-hydrogen) atoms. The molecule has 1 aromatic rings. The summed E-state index contributed by atoms with van der Waals surface area (Å²) in [6.45, 7) is 6.60. The van der Waals surface area contributed by atoms with Crippen molar-refractivity contribution in [1.82, 2.24) is 5.32 Å². The number of methoxy groups -OCH3 is 1. The smallest absolute Gasteiger partial charge is 0.123 e. The van der Waals surface area contributed by atoms with Gasteiger partial charge in [0, 0.05) is 11.6 Å². The molecule has 0 aliphatic heterocycles. The molecule has 0 unspecified atom stereocenters. The number of nitrogens with one attached hydrogen (secondary N) is 1. The average molecular weight is 263 g/mol. The van der Waals surface area contributed by atoms with Crippen LogP contribution in [0.25, 0.3) is 0 Å². The molecule has 1 aliphatic carbocycles. The predicted octanol–water partition coefficient (Wildman–Crippen LogP) is 3.12. The molecule has 0 heterocycles. The second kappa shape index (κ2) is 5.41. The lowest BCUT2D eigenvalue weighted by Gasteiger charge is -2.36. The van der Waals surface area contributed by atoms with Crippen LogP contribution in [-0.4, -0.2) is 26.3 Å². The van der Waals surface area contributed by atoms with Crippen molar-refractivity contribution in [2.75, 3.05) is 14.2 Å². The zero-order valence-electron chi connectivity index (χ0n) is 12.6. The predicted molar refractivity (Wildman–Crippen MR) is 78.2 cm³/mol. The molecule has 3 heteroatoms. The maximum atomic E-state index is 6.14. The fraction of sp³-hybridized carbons (Fsp3) is 0.625. The van der Waals surface area contributed by atoms with Crippen molar-refractivity contribution in [2.45, 2.75) is 51.2 Å². The monoisotopic (exact) mass is 263 g/mol. The van der Waals surface area contributed by atoms with E-state index in [1.165, 1.54) is 5.56 Å². The van der Waals surface area contributed by atoms with Gasteiger partial charge in [0.2, 0.25) is 0 Å². The maximum absolute atomic E-state index is 6.14. The molecule has 0 spiro atoms. The molecule has 0 bridgehead atoms. The molecule has 1 aromatic carbocycles. The van der Waals surface area contributed by atoms with Crippen molar-refractivity contribution in [1.29, 1.82) is 0 Å². The van der Waals surface area contributed by atoms with Crippen LogP contribution >= 0.6 is 0 Å². The molecule has 0 amide bonds. The van der Waals surface area contributed by atoms with Gasteiger partial charge in [-0.05, 0) is 43.5 Å². The second-order valence-corrected chi connectivity index (χ2v) is 6.31. The Morgan fingerprint density at radius 3 is 2.42 bits per heavy atom. The third-order valence-corrected chi connectivity index (χ3v) is 3.79. The first-order valence-electron chi connectivity index (χ1n) is 6.96. The van der Waals surface area contributed by atoms with E-state index in [0.29, 0.717) is 12.1 Å². The Hall–Kier alpha value is -1.22. The second-order valence-electron chi connectivity index (χ2n) is 6.31. The normalized spacial score (nSPS) is 22.8. The summed E-state index contributed by atoms with van der Waals surface area (Å²) < 4.78 is 11.5. The summed E-state index contributed by atoms with van der Waals surface area (Å²) in [5.74, 6) is 1.88. The minimum Gasteiger partial charge on any atom is -0.497 e. The van der Waals surface area contributed by atoms with Crippen LogP contribution in [0.5, 0.6) is 11.5 Å². The molecule has 1 fully saturated rings. The van der Waals surface area contributed by atoms with Crippen LogP contribution in [0.2, 0.25) is 0 Å². The van der Waals surface area contributed by atoms with Crippen molar-refractivity contribution >= 4 is 0 Å². The van der Waals surface area contributed by atoms with Gasteiger partial charge in [-0.15, -0.1) is 0 Å². The first-order valence-corrected chi connectivity index (χ1v) is 6.96. The number of benzene rings is 1. The maximum Gasteiger partial charge on any atom is 0.123 e. The molecule has 1 saturated carbocycles. The zero-order valence-corrected chi connectivity index (χ0v) is 12.6. The molecule has 0 aromatic heterocycles. The molecule has 2 rings (SSSR count). The van der Waals surface area contributed by atoms with Gasteiger partial charge in [0.1, 0.15) is 17.6 Å². The Bertz CT molecular complexity index is 431. The van der Waals surface area contributed by atoms with E-state index >= 15 is 0 Å². The highest BCUT2D eigenvalue weighted by molar-refractivity contribution is 5.44. The minimum atomic E-state index is 0.0516. The van der Waals surface area contributed by atoms with Crippen LogP contribution in [0.4, 0.5) is 0 Å². The summed E-state index contributed by atoms with van der Waals surface area (Å²) in [6.07, 6.45) is 2.52. The van der Waals surface area contributed by atoms with Crippen LogP contribution in [-0.2, 0) is 5.41 Å². The Morgan fingerprint density at radius 1 is 1.21 bits per heavy atom. The number of rotatable bonds is 4. The van der Waals surface area contributed by atoms with E-state index in [1.54, 1.807) is 7.11 Å². The molecule has 1 aliphatic rings. The van der Waals surface area contributed by atoms with Crippen molar-refractivity contribution in [3.63, 3.8) is 0 Å². The fourth-order valence-electron chi connectivity index (χ4n) is 2.40. The first kappa shape index (κ1) is 14.2. The first-order chi connectivity index (χ1) is 8.94. The SMILES string of the molecule is CNC1CC(Oc2ccc(OC)cc2C(C)(C)C)C1. The van der Waals surface area contributed by atoms with Crippen molar-refractivity contribution in [2.24, 2.45) is 0 Å². The third kappa shape index (κ3) is 3.21. The quantitative estimate of drug-likeness (QED) is 0.905. The number of ether oxygens (including phenoxy) is 2. The van der Waals surface area contributed by atoms with E-state index in [2.05, 4.69) is 32.2 Å². The summed E-state index contributed by atoms with van der Waals surface area (Å²) in [7, 11) is 3.71. The van der Waals surface area contributed by atoms with Gasteiger partial charge in [-0.2, -0.15) is 0 Å². The highest BCUT2D eigenvalue weighted by atomic mass is 16.5. The lowest BCUT2D eigenvalue weighted by molar-refractivity contribution is 0.0864. The Labute approximate surface area is 116 Å². The standard InChI is InChI=1S/C16H25NO2/c1-16(2,3)14-10-12(18-5)6-7-15(14)19-13-8-11(9-13)17-4/h6-7,10-11,13,17H,8-9H2,1-5H3.